The van der Waals surface area contributed by atoms with Crippen molar-refractivity contribution in [2.75, 3.05) is 12.4 Å². The lowest BCUT2D eigenvalue weighted by Crippen LogP contribution is -2.18. The Kier molecular flexibility index (Phi) is 7.60. The van der Waals surface area contributed by atoms with Gasteiger partial charge in [0.25, 0.3) is 0 Å². The van der Waals surface area contributed by atoms with Gasteiger partial charge in [-0.3, -0.25) is 10.2 Å². The fraction of sp³-hybridized carbons (Fsp3) is 0.267. The third-order valence-electron chi connectivity index (χ3n) is 3.06. The highest BCUT2D eigenvalue weighted by molar-refractivity contribution is 5.55. The van der Waals surface area contributed by atoms with Gasteiger partial charge in [-0.25, -0.2) is 15.8 Å². The number of amides is 1. The zero-order valence-corrected chi connectivity index (χ0v) is 13.6. The van der Waals surface area contributed by atoms with Crippen molar-refractivity contribution in [2.24, 2.45) is 5.84 Å². The second-order valence-electron chi connectivity index (χ2n) is 4.63. The monoisotopic (exact) mass is 357 g/mol. The van der Waals surface area contributed by atoms with Crippen LogP contribution in [0, 0.1) is 6.92 Å². The fourth-order valence-corrected chi connectivity index (χ4v) is 1.91. The molecule has 0 unspecified atom stereocenters. The van der Waals surface area contributed by atoms with Crippen LogP contribution in [0.3, 0.4) is 0 Å². The molecule has 2 aromatic rings. The summed E-state index contributed by atoms with van der Waals surface area (Å²) in [6, 6.07) is 3.96. The van der Waals surface area contributed by atoms with Gasteiger partial charge in [-0.1, -0.05) is 6.07 Å². The summed E-state index contributed by atoms with van der Waals surface area (Å²) in [6.07, 6.45) is -1.25. The molecule has 0 bridgehead atoms. The quantitative estimate of drug-likeness (QED) is 0.328. The molecule has 0 aliphatic carbocycles. The summed E-state index contributed by atoms with van der Waals surface area (Å²) < 4.78 is 44.6. The average molecular weight is 357 g/mol. The number of aromatic nitrogens is 2. The molecule has 7 nitrogen and oxygen atoms in total. The number of carbonyl (C=O) groups excluding carboxylic acids is 1. The van der Waals surface area contributed by atoms with Crippen LogP contribution in [0.15, 0.2) is 30.7 Å². The lowest BCUT2D eigenvalue weighted by Gasteiger charge is -2.17. The largest absolute Gasteiger partial charge is 0.485 e. The van der Waals surface area contributed by atoms with E-state index in [-0.39, 0.29) is 12.2 Å². The Morgan fingerprint density at radius 1 is 1.36 bits per heavy atom. The van der Waals surface area contributed by atoms with E-state index in [0.717, 1.165) is 6.07 Å². The lowest BCUT2D eigenvalue weighted by molar-refractivity contribution is -0.138. The van der Waals surface area contributed by atoms with Gasteiger partial charge in [0.15, 0.2) is 5.75 Å². The van der Waals surface area contributed by atoms with Gasteiger partial charge in [0.1, 0.15) is 12.9 Å². The predicted molar refractivity (Wildman–Crippen MR) is 85.5 cm³/mol. The molecule has 1 aromatic carbocycles. The highest BCUT2D eigenvalue weighted by atomic mass is 19.4. The Morgan fingerprint density at radius 2 is 2.04 bits per heavy atom. The number of nitrogens with one attached hydrogen (secondary N) is 2. The van der Waals surface area contributed by atoms with Crippen molar-refractivity contribution >= 4 is 12.1 Å². The van der Waals surface area contributed by atoms with E-state index in [2.05, 4.69) is 21.1 Å². The van der Waals surface area contributed by atoms with Crippen LogP contribution < -0.4 is 21.3 Å². The Balaban J connectivity index is 0.000000705. The molecular formula is C15H18F3N5O2. The van der Waals surface area contributed by atoms with E-state index in [1.54, 1.807) is 25.5 Å². The van der Waals surface area contributed by atoms with Crippen molar-refractivity contribution in [3.63, 3.8) is 0 Å². The number of rotatable bonds is 5. The summed E-state index contributed by atoms with van der Waals surface area (Å²) in [5.41, 5.74) is 2.03. The van der Waals surface area contributed by atoms with Gasteiger partial charge in [-0.15, -0.1) is 0 Å². The van der Waals surface area contributed by atoms with E-state index in [0.29, 0.717) is 23.5 Å². The van der Waals surface area contributed by atoms with E-state index >= 15 is 0 Å². The number of nitrogens with two attached hydrogens (primary N) is 1. The number of carbonyl (C=O) groups is 1. The van der Waals surface area contributed by atoms with E-state index in [4.69, 9.17) is 9.53 Å². The van der Waals surface area contributed by atoms with Crippen molar-refractivity contribution in [3.8, 4) is 5.75 Å². The number of hydrogen-bond donors (Lipinski definition) is 3. The highest BCUT2D eigenvalue weighted by Crippen LogP contribution is 2.35. The molecule has 136 valence electrons. The zero-order valence-electron chi connectivity index (χ0n) is 13.6. The summed E-state index contributed by atoms with van der Waals surface area (Å²) in [5.74, 6) is 4.77. The SMILES string of the molecule is CNc1cccc(C(F)(F)F)c1COc1cncnc1C.NNC=O. The number of hydrogen-bond acceptors (Lipinski definition) is 6. The van der Waals surface area contributed by atoms with Gasteiger partial charge < -0.3 is 10.1 Å². The minimum absolute atomic E-state index is 0.0516. The van der Waals surface area contributed by atoms with Crippen LogP contribution in [0.1, 0.15) is 16.8 Å². The summed E-state index contributed by atoms with van der Waals surface area (Å²) in [6.45, 7) is 1.48. The smallest absolute Gasteiger partial charge is 0.416 e. The first-order valence-electron chi connectivity index (χ1n) is 7.01. The second kappa shape index (κ2) is 9.42. The molecule has 0 spiro atoms. The van der Waals surface area contributed by atoms with Gasteiger partial charge in [-0.2, -0.15) is 13.2 Å². The number of nitrogens with zero attached hydrogens (tertiary/aromatic N) is 2. The molecule has 4 N–H and O–H groups in total. The molecule has 0 atom stereocenters. The van der Waals surface area contributed by atoms with Crippen molar-refractivity contribution in [3.05, 3.63) is 47.5 Å². The molecule has 25 heavy (non-hydrogen) atoms. The van der Waals surface area contributed by atoms with E-state index in [1.807, 2.05) is 0 Å². The Morgan fingerprint density at radius 3 is 2.56 bits per heavy atom. The van der Waals surface area contributed by atoms with Crippen LogP contribution in [0.2, 0.25) is 0 Å². The van der Waals surface area contributed by atoms with Crippen LogP contribution in [-0.2, 0) is 17.6 Å². The Labute approximate surface area is 142 Å². The fourth-order valence-electron chi connectivity index (χ4n) is 1.91. The van der Waals surface area contributed by atoms with Gasteiger partial charge in [0.2, 0.25) is 6.41 Å². The topological polar surface area (TPSA) is 102 Å². The molecule has 0 saturated heterocycles. The minimum atomic E-state index is -4.44. The Hall–Kier alpha value is -2.88. The third kappa shape index (κ3) is 5.92. The standard InChI is InChI=1S/C14H14F3N3O.CH4N2O/c1-9-13(6-19-8-20-9)21-7-10-11(14(15,16)17)4-3-5-12(10)18-2;2-3-1-4/h3-6,8,18H,7H2,1-2H3;1H,2H2,(H,3,4). The van der Waals surface area contributed by atoms with Gasteiger partial charge in [0.05, 0.1) is 17.5 Å². The number of hydrazine groups is 1. The lowest BCUT2D eigenvalue weighted by atomic mass is 10.1. The first kappa shape index (κ1) is 20.2. The number of benzene rings is 1. The molecule has 1 heterocycles. The number of ether oxygens (including phenoxy) is 1. The predicted octanol–water partition coefficient (Wildman–Crippen LogP) is 2.03. The highest BCUT2D eigenvalue weighted by Gasteiger charge is 2.34. The molecule has 10 heteroatoms. The van der Waals surface area contributed by atoms with Crippen LogP contribution in [0.4, 0.5) is 18.9 Å². The normalized spacial score (nSPS) is 10.3. The minimum Gasteiger partial charge on any atom is -0.485 e. The third-order valence-corrected chi connectivity index (χ3v) is 3.06. The van der Waals surface area contributed by atoms with Crippen LogP contribution >= 0.6 is 0 Å². The van der Waals surface area contributed by atoms with Gasteiger partial charge in [0, 0.05) is 18.3 Å². The maximum Gasteiger partial charge on any atom is 0.416 e. The molecule has 0 aliphatic rings. The number of aryl methyl sites for hydroxylation is 1. The van der Waals surface area contributed by atoms with Gasteiger partial charge >= 0.3 is 6.18 Å². The van der Waals surface area contributed by atoms with Crippen LogP contribution in [0.25, 0.3) is 0 Å². The van der Waals surface area contributed by atoms with Gasteiger partial charge in [-0.05, 0) is 19.1 Å². The zero-order chi connectivity index (χ0) is 18.9. The molecule has 1 aromatic heterocycles. The van der Waals surface area contributed by atoms with Crippen LogP contribution in [0.5, 0.6) is 5.75 Å². The molecule has 0 fully saturated rings. The summed E-state index contributed by atoms with van der Waals surface area (Å²) in [7, 11) is 1.57. The molecule has 1 amide bonds. The van der Waals surface area contributed by atoms with E-state index in [1.165, 1.54) is 18.6 Å². The number of anilines is 1. The van der Waals surface area contributed by atoms with Crippen LogP contribution in [-0.4, -0.2) is 23.4 Å². The molecule has 0 radical (unpaired) electrons. The summed E-state index contributed by atoms with van der Waals surface area (Å²) in [4.78, 5) is 16.7. The number of halogens is 3. The summed E-state index contributed by atoms with van der Waals surface area (Å²) >= 11 is 0. The molecule has 0 saturated carbocycles. The first-order chi connectivity index (χ1) is 11.8. The first-order valence-corrected chi connectivity index (χ1v) is 7.01. The van der Waals surface area contributed by atoms with Crippen molar-refractivity contribution < 1.29 is 22.7 Å². The molecule has 0 aliphatic heterocycles. The second-order valence-corrected chi connectivity index (χ2v) is 4.63. The molecular weight excluding hydrogens is 339 g/mol. The van der Waals surface area contributed by atoms with E-state index in [9.17, 15) is 13.2 Å². The summed E-state index contributed by atoms with van der Waals surface area (Å²) in [5, 5.41) is 2.75. The maximum atomic E-state index is 13.1. The molecule has 2 rings (SSSR count). The average Bonchev–Trinajstić information content (AvgIpc) is 2.60. The van der Waals surface area contributed by atoms with Crippen molar-refractivity contribution in [1.29, 1.82) is 0 Å². The Bertz CT molecular complexity index is 695. The maximum absolute atomic E-state index is 13.1. The van der Waals surface area contributed by atoms with Crippen molar-refractivity contribution in [2.45, 2.75) is 19.7 Å². The van der Waals surface area contributed by atoms with Crippen molar-refractivity contribution in [1.82, 2.24) is 15.4 Å². The number of alkyl halides is 3. The van der Waals surface area contributed by atoms with E-state index < -0.39 is 11.7 Å².